The summed E-state index contributed by atoms with van der Waals surface area (Å²) < 4.78 is 0. The van der Waals surface area contributed by atoms with Crippen molar-refractivity contribution >= 4 is 11.7 Å². The molecule has 2 N–H and O–H groups in total. The largest absolute Gasteiger partial charge is 0.367 e. The minimum atomic E-state index is -0.264. The van der Waals surface area contributed by atoms with Crippen LogP contribution in [-0.4, -0.2) is 22.5 Å². The molecule has 0 bridgehead atoms. The van der Waals surface area contributed by atoms with E-state index in [2.05, 4.69) is 50.2 Å². The van der Waals surface area contributed by atoms with Crippen molar-refractivity contribution in [3.63, 3.8) is 0 Å². The molecule has 0 aliphatic rings. The second-order valence-electron chi connectivity index (χ2n) is 7.77. The van der Waals surface area contributed by atoms with Crippen molar-refractivity contribution in [2.45, 2.75) is 66.5 Å². The van der Waals surface area contributed by atoms with Crippen LogP contribution in [0.5, 0.6) is 0 Å². The van der Waals surface area contributed by atoms with Crippen molar-refractivity contribution in [1.82, 2.24) is 10.3 Å². The van der Waals surface area contributed by atoms with E-state index in [1.165, 1.54) is 0 Å². The van der Waals surface area contributed by atoms with E-state index in [1.54, 1.807) is 18.3 Å². The highest BCUT2D eigenvalue weighted by Gasteiger charge is 2.28. The molecule has 1 aromatic heterocycles. The summed E-state index contributed by atoms with van der Waals surface area (Å²) >= 11 is 0. The highest BCUT2D eigenvalue weighted by atomic mass is 16.1. The Morgan fingerprint density at radius 1 is 1.24 bits per heavy atom. The fraction of sp³-hybridized carbons (Fsp3) is 0.647. The fourth-order valence-corrected chi connectivity index (χ4v) is 2.72. The first-order valence-electron chi connectivity index (χ1n) is 7.54. The third kappa shape index (κ3) is 6.15. The molecule has 0 spiro atoms. The van der Waals surface area contributed by atoms with Crippen molar-refractivity contribution in [3.05, 3.63) is 23.9 Å². The number of carbonyl (C=O) groups is 1. The second kappa shape index (κ2) is 6.46. The van der Waals surface area contributed by atoms with Crippen molar-refractivity contribution in [2.24, 2.45) is 5.41 Å². The summed E-state index contributed by atoms with van der Waals surface area (Å²) in [7, 11) is 0. The molecular weight excluding hydrogens is 262 g/mol. The van der Waals surface area contributed by atoms with E-state index in [0.717, 1.165) is 6.42 Å². The molecule has 4 nitrogen and oxygen atoms in total. The van der Waals surface area contributed by atoms with Gasteiger partial charge in [-0.2, -0.15) is 0 Å². The maximum absolute atomic E-state index is 12.6. The zero-order valence-corrected chi connectivity index (χ0v) is 14.4. The standard InChI is InChI=1S/C17H29N3O/c1-12(2)19-14-13(9-8-10-18-14)15(21)20-17(6,7)11-16(3,4)5/h8-10,12H,11H2,1-7H3,(H,18,19)(H,20,21). The van der Waals surface area contributed by atoms with Gasteiger partial charge in [0.15, 0.2) is 0 Å². The SMILES string of the molecule is CC(C)Nc1ncccc1C(=O)NC(C)(C)CC(C)(C)C. The quantitative estimate of drug-likeness (QED) is 0.866. The first kappa shape index (κ1) is 17.5. The maximum atomic E-state index is 12.6. The van der Waals surface area contributed by atoms with Gasteiger partial charge in [-0.15, -0.1) is 0 Å². The van der Waals surface area contributed by atoms with Gasteiger partial charge in [0, 0.05) is 17.8 Å². The molecule has 1 rings (SSSR count). The summed E-state index contributed by atoms with van der Waals surface area (Å²) in [6, 6.07) is 3.83. The summed E-state index contributed by atoms with van der Waals surface area (Å²) in [6.07, 6.45) is 2.60. The Kier molecular flexibility index (Phi) is 5.37. The van der Waals surface area contributed by atoms with Gasteiger partial charge in [-0.05, 0) is 51.7 Å². The van der Waals surface area contributed by atoms with Crippen LogP contribution in [0.2, 0.25) is 0 Å². The third-order valence-electron chi connectivity index (χ3n) is 2.90. The molecule has 0 saturated heterocycles. The average Bonchev–Trinajstić information content (AvgIpc) is 2.24. The predicted molar refractivity (Wildman–Crippen MR) is 88.6 cm³/mol. The molecule has 0 aromatic carbocycles. The number of carbonyl (C=O) groups excluding carboxylic acids is 1. The van der Waals surface area contributed by atoms with Crippen molar-refractivity contribution < 1.29 is 4.79 Å². The second-order valence-corrected chi connectivity index (χ2v) is 7.77. The number of hydrogen-bond donors (Lipinski definition) is 2. The van der Waals surface area contributed by atoms with E-state index < -0.39 is 0 Å². The van der Waals surface area contributed by atoms with Crippen molar-refractivity contribution in [1.29, 1.82) is 0 Å². The lowest BCUT2D eigenvalue weighted by atomic mass is 9.81. The van der Waals surface area contributed by atoms with Gasteiger partial charge >= 0.3 is 0 Å². The summed E-state index contributed by atoms with van der Waals surface area (Å²) in [5.74, 6) is 0.553. The van der Waals surface area contributed by atoms with Crippen LogP contribution < -0.4 is 10.6 Å². The summed E-state index contributed by atoms with van der Waals surface area (Å²) in [5, 5.41) is 6.34. The van der Waals surface area contributed by atoms with Crippen LogP contribution in [0.15, 0.2) is 18.3 Å². The van der Waals surface area contributed by atoms with Crippen LogP contribution in [0.1, 0.15) is 65.2 Å². The Morgan fingerprint density at radius 2 is 1.86 bits per heavy atom. The average molecular weight is 291 g/mol. The van der Waals surface area contributed by atoms with Crippen LogP contribution in [-0.2, 0) is 0 Å². The summed E-state index contributed by atoms with van der Waals surface area (Å²) in [5.41, 5.74) is 0.485. The van der Waals surface area contributed by atoms with Gasteiger partial charge in [0.1, 0.15) is 5.82 Å². The van der Waals surface area contributed by atoms with Crippen LogP contribution in [0.4, 0.5) is 5.82 Å². The first-order valence-corrected chi connectivity index (χ1v) is 7.54. The number of aromatic nitrogens is 1. The van der Waals surface area contributed by atoms with Gasteiger partial charge in [-0.25, -0.2) is 4.98 Å². The summed E-state index contributed by atoms with van der Waals surface area (Å²) in [6.45, 7) is 14.7. The molecule has 0 atom stereocenters. The normalized spacial score (nSPS) is 12.4. The predicted octanol–water partition coefficient (Wildman–Crippen LogP) is 3.85. The lowest BCUT2D eigenvalue weighted by Crippen LogP contribution is -2.46. The number of pyridine rings is 1. The molecule has 1 aromatic rings. The number of rotatable bonds is 5. The highest BCUT2D eigenvalue weighted by molar-refractivity contribution is 5.99. The number of anilines is 1. The van der Waals surface area contributed by atoms with E-state index in [0.29, 0.717) is 11.4 Å². The maximum Gasteiger partial charge on any atom is 0.255 e. The van der Waals surface area contributed by atoms with Crippen LogP contribution in [0.25, 0.3) is 0 Å². The summed E-state index contributed by atoms with van der Waals surface area (Å²) in [4.78, 5) is 16.8. The van der Waals surface area contributed by atoms with Crippen LogP contribution >= 0.6 is 0 Å². The smallest absolute Gasteiger partial charge is 0.255 e. The molecule has 0 saturated carbocycles. The van der Waals surface area contributed by atoms with E-state index in [4.69, 9.17) is 0 Å². The monoisotopic (exact) mass is 291 g/mol. The Labute approximate surface area is 128 Å². The molecular formula is C17H29N3O. The van der Waals surface area contributed by atoms with Gasteiger partial charge in [-0.1, -0.05) is 20.8 Å². The number of hydrogen-bond acceptors (Lipinski definition) is 3. The molecule has 118 valence electrons. The molecule has 1 heterocycles. The fourth-order valence-electron chi connectivity index (χ4n) is 2.72. The zero-order valence-electron chi connectivity index (χ0n) is 14.4. The molecule has 0 radical (unpaired) electrons. The van der Waals surface area contributed by atoms with E-state index >= 15 is 0 Å². The molecule has 0 fully saturated rings. The Balaban J connectivity index is 2.89. The van der Waals surface area contributed by atoms with Crippen LogP contribution in [0.3, 0.4) is 0 Å². The number of nitrogens with one attached hydrogen (secondary N) is 2. The molecule has 21 heavy (non-hydrogen) atoms. The lowest BCUT2D eigenvalue weighted by Gasteiger charge is -2.33. The van der Waals surface area contributed by atoms with Gasteiger partial charge in [0.2, 0.25) is 0 Å². The Morgan fingerprint density at radius 3 is 2.38 bits per heavy atom. The Bertz CT molecular complexity index is 487. The molecule has 1 amide bonds. The molecule has 0 unspecified atom stereocenters. The molecule has 0 aliphatic carbocycles. The molecule has 4 heteroatoms. The first-order chi connectivity index (χ1) is 9.50. The minimum Gasteiger partial charge on any atom is -0.367 e. The van der Waals surface area contributed by atoms with Gasteiger partial charge in [-0.3, -0.25) is 4.79 Å². The van der Waals surface area contributed by atoms with Crippen LogP contribution in [0, 0.1) is 5.41 Å². The number of amides is 1. The third-order valence-corrected chi connectivity index (χ3v) is 2.90. The molecule has 0 aliphatic heterocycles. The Hall–Kier alpha value is -1.58. The van der Waals surface area contributed by atoms with Gasteiger partial charge in [0.05, 0.1) is 5.56 Å². The lowest BCUT2D eigenvalue weighted by molar-refractivity contribution is 0.0892. The van der Waals surface area contributed by atoms with Crippen molar-refractivity contribution in [2.75, 3.05) is 5.32 Å². The highest BCUT2D eigenvalue weighted by Crippen LogP contribution is 2.27. The van der Waals surface area contributed by atoms with Crippen molar-refractivity contribution in [3.8, 4) is 0 Å². The number of nitrogens with zero attached hydrogens (tertiary/aromatic N) is 1. The van der Waals surface area contributed by atoms with Gasteiger partial charge < -0.3 is 10.6 Å². The zero-order chi connectivity index (χ0) is 16.3. The topological polar surface area (TPSA) is 54.0 Å². The van der Waals surface area contributed by atoms with E-state index in [9.17, 15) is 4.79 Å². The van der Waals surface area contributed by atoms with E-state index in [-0.39, 0.29) is 22.9 Å². The minimum absolute atomic E-state index is 0.0829. The van der Waals surface area contributed by atoms with Gasteiger partial charge in [0.25, 0.3) is 5.91 Å². The van der Waals surface area contributed by atoms with E-state index in [1.807, 2.05) is 13.8 Å².